The third-order valence-electron chi connectivity index (χ3n) is 2.48. The Balaban J connectivity index is 2.35. The highest BCUT2D eigenvalue weighted by atomic mass is 15.3. The number of hydrogen-bond acceptors (Lipinski definition) is 3. The van der Waals surface area contributed by atoms with Gasteiger partial charge < -0.3 is 5.32 Å². The summed E-state index contributed by atoms with van der Waals surface area (Å²) in [6, 6.07) is 3.05. The van der Waals surface area contributed by atoms with Crippen LogP contribution >= 0.6 is 0 Å². The molecule has 1 aliphatic heterocycles. The van der Waals surface area contributed by atoms with Gasteiger partial charge in [0.05, 0.1) is 6.07 Å². The van der Waals surface area contributed by atoms with Crippen LogP contribution in [0.15, 0.2) is 0 Å². The molecule has 1 aliphatic rings. The minimum absolute atomic E-state index is 0.106. The van der Waals surface area contributed by atoms with E-state index in [9.17, 15) is 0 Å². The van der Waals surface area contributed by atoms with Gasteiger partial charge in [-0.1, -0.05) is 13.8 Å². The second kappa shape index (κ2) is 3.88. The van der Waals surface area contributed by atoms with Gasteiger partial charge in [-0.15, -0.1) is 0 Å². The Hall–Kier alpha value is -0.590. The number of likely N-dealkylation sites (tertiary alicyclic amines) is 1. The summed E-state index contributed by atoms with van der Waals surface area (Å²) >= 11 is 0. The molecule has 1 rings (SSSR count). The van der Waals surface area contributed by atoms with E-state index in [1.54, 1.807) is 0 Å². The summed E-state index contributed by atoms with van der Waals surface area (Å²) in [4.78, 5) is 2.23. The predicted molar refractivity (Wildman–Crippen MR) is 48.7 cm³/mol. The quantitative estimate of drug-likeness (QED) is 0.663. The number of nitriles is 1. The lowest BCUT2D eigenvalue weighted by atomic mass is 9.98. The van der Waals surface area contributed by atoms with Crippen molar-refractivity contribution in [2.75, 3.05) is 20.1 Å². The topological polar surface area (TPSA) is 39.1 Å². The van der Waals surface area contributed by atoms with Gasteiger partial charge in [0.2, 0.25) is 0 Å². The second-order valence-electron chi connectivity index (χ2n) is 3.76. The van der Waals surface area contributed by atoms with Crippen LogP contribution in [0.5, 0.6) is 0 Å². The lowest BCUT2D eigenvalue weighted by Crippen LogP contribution is -2.61. The number of rotatable bonds is 3. The Bertz CT molecular complexity index is 177. The fourth-order valence-electron chi connectivity index (χ4n) is 1.57. The van der Waals surface area contributed by atoms with Crippen molar-refractivity contribution in [1.29, 1.82) is 5.26 Å². The van der Waals surface area contributed by atoms with Gasteiger partial charge in [-0.2, -0.15) is 5.26 Å². The summed E-state index contributed by atoms with van der Waals surface area (Å²) < 4.78 is 0. The van der Waals surface area contributed by atoms with Crippen molar-refractivity contribution < 1.29 is 0 Å². The maximum Gasteiger partial charge on any atom is 0.100 e. The molecular formula is C9H17N3. The molecule has 3 nitrogen and oxygen atoms in total. The third-order valence-corrected chi connectivity index (χ3v) is 2.48. The fraction of sp³-hybridized carbons (Fsp3) is 0.889. The number of nitrogens with zero attached hydrogens (tertiary/aromatic N) is 2. The number of likely N-dealkylation sites (N-methyl/N-ethyl adjacent to an activating group) is 1. The molecule has 0 aromatic carbocycles. The minimum atomic E-state index is 0.106. The van der Waals surface area contributed by atoms with Gasteiger partial charge in [0, 0.05) is 19.1 Å². The van der Waals surface area contributed by atoms with Gasteiger partial charge in [0.15, 0.2) is 0 Å². The SMILES string of the molecule is CNC1CN(C(C#N)C(C)C)C1. The minimum Gasteiger partial charge on any atom is -0.315 e. The zero-order chi connectivity index (χ0) is 9.14. The van der Waals surface area contributed by atoms with E-state index in [2.05, 4.69) is 30.1 Å². The van der Waals surface area contributed by atoms with E-state index >= 15 is 0 Å². The lowest BCUT2D eigenvalue weighted by Gasteiger charge is -2.42. The van der Waals surface area contributed by atoms with E-state index in [0.29, 0.717) is 12.0 Å². The van der Waals surface area contributed by atoms with Crippen molar-refractivity contribution in [1.82, 2.24) is 10.2 Å². The molecule has 0 amide bonds. The molecule has 0 saturated carbocycles. The van der Waals surface area contributed by atoms with Crippen LogP contribution in [0.3, 0.4) is 0 Å². The van der Waals surface area contributed by atoms with Crippen molar-refractivity contribution in [2.45, 2.75) is 25.9 Å². The van der Waals surface area contributed by atoms with Crippen LogP contribution in [0.25, 0.3) is 0 Å². The van der Waals surface area contributed by atoms with E-state index in [0.717, 1.165) is 13.1 Å². The molecule has 1 N–H and O–H groups in total. The molecule has 0 radical (unpaired) electrons. The van der Waals surface area contributed by atoms with Crippen LogP contribution in [0.1, 0.15) is 13.8 Å². The zero-order valence-corrected chi connectivity index (χ0v) is 8.04. The molecular weight excluding hydrogens is 150 g/mol. The summed E-state index contributed by atoms with van der Waals surface area (Å²) in [7, 11) is 1.97. The summed E-state index contributed by atoms with van der Waals surface area (Å²) in [6.45, 7) is 6.24. The summed E-state index contributed by atoms with van der Waals surface area (Å²) in [6.07, 6.45) is 0. The molecule has 0 aliphatic carbocycles. The Morgan fingerprint density at radius 1 is 1.50 bits per heavy atom. The Kier molecular flexibility index (Phi) is 3.07. The van der Waals surface area contributed by atoms with Crippen molar-refractivity contribution in [3.8, 4) is 6.07 Å². The average molecular weight is 167 g/mol. The highest BCUT2D eigenvalue weighted by Crippen LogP contribution is 2.17. The van der Waals surface area contributed by atoms with Crippen molar-refractivity contribution in [3.63, 3.8) is 0 Å². The second-order valence-corrected chi connectivity index (χ2v) is 3.76. The van der Waals surface area contributed by atoms with Gasteiger partial charge in [-0.3, -0.25) is 4.90 Å². The molecule has 1 unspecified atom stereocenters. The van der Waals surface area contributed by atoms with Gasteiger partial charge in [0.25, 0.3) is 0 Å². The van der Waals surface area contributed by atoms with E-state index in [1.165, 1.54) is 0 Å². The first kappa shape index (κ1) is 9.50. The lowest BCUT2D eigenvalue weighted by molar-refractivity contribution is 0.0833. The van der Waals surface area contributed by atoms with Gasteiger partial charge in [-0.25, -0.2) is 0 Å². The first-order valence-electron chi connectivity index (χ1n) is 4.50. The normalized spacial score (nSPS) is 21.9. The first-order chi connectivity index (χ1) is 5.69. The molecule has 0 bridgehead atoms. The van der Waals surface area contributed by atoms with E-state index in [-0.39, 0.29) is 6.04 Å². The fourth-order valence-corrected chi connectivity index (χ4v) is 1.57. The molecule has 0 aromatic rings. The monoisotopic (exact) mass is 167 g/mol. The van der Waals surface area contributed by atoms with Crippen molar-refractivity contribution >= 4 is 0 Å². The molecule has 0 aromatic heterocycles. The molecule has 1 heterocycles. The highest BCUT2D eigenvalue weighted by molar-refractivity contribution is 5.00. The summed E-state index contributed by atoms with van der Waals surface area (Å²) in [5.41, 5.74) is 0. The Morgan fingerprint density at radius 2 is 2.08 bits per heavy atom. The van der Waals surface area contributed by atoms with Gasteiger partial charge >= 0.3 is 0 Å². The van der Waals surface area contributed by atoms with Gasteiger partial charge in [0.1, 0.15) is 6.04 Å². The Labute approximate surface area is 74.4 Å². The maximum atomic E-state index is 8.88. The van der Waals surface area contributed by atoms with Crippen LogP contribution < -0.4 is 5.32 Å². The molecule has 1 saturated heterocycles. The molecule has 0 spiro atoms. The standard InChI is InChI=1S/C9H17N3/c1-7(2)9(4-10)12-5-8(6-12)11-3/h7-9,11H,5-6H2,1-3H3. The van der Waals surface area contributed by atoms with E-state index in [4.69, 9.17) is 5.26 Å². The maximum absolute atomic E-state index is 8.88. The number of nitrogens with one attached hydrogen (secondary N) is 1. The summed E-state index contributed by atoms with van der Waals surface area (Å²) in [5.74, 6) is 0.438. The predicted octanol–water partition coefficient (Wildman–Crippen LogP) is 0.438. The van der Waals surface area contributed by atoms with Crippen LogP contribution in [0, 0.1) is 17.2 Å². The summed E-state index contributed by atoms with van der Waals surface area (Å²) in [5, 5.41) is 12.1. The van der Waals surface area contributed by atoms with Crippen LogP contribution in [-0.2, 0) is 0 Å². The number of hydrogen-bond donors (Lipinski definition) is 1. The highest BCUT2D eigenvalue weighted by Gasteiger charge is 2.32. The molecule has 1 atom stereocenters. The molecule has 3 heteroatoms. The van der Waals surface area contributed by atoms with Crippen LogP contribution in [0.2, 0.25) is 0 Å². The zero-order valence-electron chi connectivity index (χ0n) is 8.04. The van der Waals surface area contributed by atoms with Crippen molar-refractivity contribution in [3.05, 3.63) is 0 Å². The molecule has 12 heavy (non-hydrogen) atoms. The van der Waals surface area contributed by atoms with E-state index in [1.807, 2.05) is 7.05 Å². The van der Waals surface area contributed by atoms with Crippen LogP contribution in [0.4, 0.5) is 0 Å². The smallest absolute Gasteiger partial charge is 0.100 e. The molecule has 68 valence electrons. The van der Waals surface area contributed by atoms with Crippen LogP contribution in [-0.4, -0.2) is 37.1 Å². The van der Waals surface area contributed by atoms with E-state index < -0.39 is 0 Å². The van der Waals surface area contributed by atoms with Gasteiger partial charge in [-0.05, 0) is 13.0 Å². The Morgan fingerprint density at radius 3 is 2.42 bits per heavy atom. The average Bonchev–Trinajstić information content (AvgIpc) is 1.94. The van der Waals surface area contributed by atoms with Crippen molar-refractivity contribution in [2.24, 2.45) is 5.92 Å². The third kappa shape index (κ3) is 1.77. The first-order valence-corrected chi connectivity index (χ1v) is 4.50. The molecule has 1 fully saturated rings. The largest absolute Gasteiger partial charge is 0.315 e.